The number of ether oxygens (including phenoxy) is 1. The summed E-state index contributed by atoms with van der Waals surface area (Å²) in [5.74, 6) is 0.598. The fraction of sp³-hybridized carbons (Fsp3) is 0.143. The number of anilines is 1. The second-order valence-corrected chi connectivity index (χ2v) is 9.11. The first-order valence-corrected chi connectivity index (χ1v) is 12.0. The van der Waals surface area contributed by atoms with E-state index in [2.05, 4.69) is 20.5 Å². The molecule has 0 spiro atoms. The van der Waals surface area contributed by atoms with Crippen LogP contribution in [0.15, 0.2) is 63.6 Å². The smallest absolute Gasteiger partial charge is 0.277 e. The molecule has 0 aliphatic rings. The van der Waals surface area contributed by atoms with Gasteiger partial charge in [0.2, 0.25) is 5.91 Å². The number of hydrogen-bond acceptors (Lipinski definition) is 8. The van der Waals surface area contributed by atoms with E-state index in [1.807, 2.05) is 35.7 Å². The average molecular weight is 507 g/mol. The molecule has 0 fully saturated rings. The number of amides is 1. The van der Waals surface area contributed by atoms with Gasteiger partial charge in [-0.1, -0.05) is 65.3 Å². The molecular weight excluding hydrogens is 491 g/mol. The van der Waals surface area contributed by atoms with Crippen LogP contribution < -0.4 is 10.1 Å². The van der Waals surface area contributed by atoms with Gasteiger partial charge in [-0.2, -0.15) is 0 Å². The van der Waals surface area contributed by atoms with Crippen LogP contribution in [-0.2, 0) is 4.79 Å². The van der Waals surface area contributed by atoms with Crippen molar-refractivity contribution in [2.24, 2.45) is 0 Å². The minimum atomic E-state index is -0.531. The predicted molar refractivity (Wildman–Crippen MR) is 127 cm³/mol. The molecule has 0 unspecified atom stereocenters. The van der Waals surface area contributed by atoms with Gasteiger partial charge < -0.3 is 14.5 Å². The van der Waals surface area contributed by atoms with Gasteiger partial charge in [0.25, 0.3) is 11.1 Å². The Labute approximate surface area is 202 Å². The Bertz CT molecular complexity index is 1220. The fourth-order valence-electron chi connectivity index (χ4n) is 2.61. The second-order valence-electron chi connectivity index (χ2n) is 6.48. The summed E-state index contributed by atoms with van der Waals surface area (Å²) >= 11 is 14.5. The predicted octanol–water partition coefficient (Wildman–Crippen LogP) is 6.37. The molecule has 2 aromatic heterocycles. The van der Waals surface area contributed by atoms with Crippen LogP contribution in [0.5, 0.6) is 5.75 Å². The Kier molecular flexibility index (Phi) is 7.31. The number of nitrogens with zero attached hydrogens (tertiary/aromatic N) is 3. The molecule has 11 heteroatoms. The van der Waals surface area contributed by atoms with E-state index in [0.717, 1.165) is 23.0 Å². The molecule has 7 nitrogen and oxygen atoms in total. The van der Waals surface area contributed by atoms with E-state index < -0.39 is 6.10 Å². The number of thioether (sulfide) groups is 1. The molecule has 4 rings (SSSR count). The van der Waals surface area contributed by atoms with Crippen molar-refractivity contribution in [2.45, 2.75) is 18.3 Å². The van der Waals surface area contributed by atoms with Gasteiger partial charge in [-0.3, -0.25) is 4.79 Å². The normalized spacial score (nSPS) is 11.8. The van der Waals surface area contributed by atoms with Crippen molar-refractivity contribution in [1.29, 1.82) is 0 Å². The Balaban J connectivity index is 1.29. The third-order valence-electron chi connectivity index (χ3n) is 4.11. The minimum absolute atomic E-state index is 0.0974. The quantitative estimate of drug-likeness (QED) is 0.277. The van der Waals surface area contributed by atoms with Gasteiger partial charge in [-0.25, -0.2) is 4.98 Å². The molecular formula is C21H16Cl2N4O3S2. The van der Waals surface area contributed by atoms with Crippen LogP contribution in [0, 0.1) is 0 Å². The SMILES string of the molecule is C[C@H](Oc1ccc(Cl)cc1Cl)c1nnc(SCC(=O)Nc2nc(-c3ccccc3)cs2)o1. The lowest BCUT2D eigenvalue weighted by Gasteiger charge is -2.12. The van der Waals surface area contributed by atoms with Gasteiger partial charge in [0.05, 0.1) is 16.5 Å². The lowest BCUT2D eigenvalue weighted by Crippen LogP contribution is -2.13. The Morgan fingerprint density at radius 2 is 2.03 bits per heavy atom. The molecule has 0 saturated heterocycles. The van der Waals surface area contributed by atoms with Crippen LogP contribution in [0.1, 0.15) is 18.9 Å². The van der Waals surface area contributed by atoms with Crippen molar-refractivity contribution >= 4 is 57.3 Å². The minimum Gasteiger partial charge on any atom is -0.479 e. The van der Waals surface area contributed by atoms with E-state index in [9.17, 15) is 4.79 Å². The van der Waals surface area contributed by atoms with Crippen molar-refractivity contribution in [2.75, 3.05) is 11.1 Å². The lowest BCUT2D eigenvalue weighted by atomic mass is 10.2. The molecule has 1 amide bonds. The van der Waals surface area contributed by atoms with Crippen molar-refractivity contribution in [3.63, 3.8) is 0 Å². The molecule has 0 aliphatic carbocycles. The van der Waals surface area contributed by atoms with Crippen LogP contribution in [0.25, 0.3) is 11.3 Å². The molecule has 32 heavy (non-hydrogen) atoms. The summed E-state index contributed by atoms with van der Waals surface area (Å²) in [6.07, 6.45) is -0.531. The number of carbonyl (C=O) groups excluding carboxylic acids is 1. The number of nitrogens with one attached hydrogen (secondary N) is 1. The standard InChI is InChI=1S/C21H16Cl2N4O3S2/c1-12(29-17-8-7-14(22)9-15(17)23)19-26-27-21(30-19)32-11-18(28)25-20-24-16(10-31-20)13-5-3-2-4-6-13/h2-10,12H,11H2,1H3,(H,24,25,28)/t12-/m0/s1. The van der Waals surface area contributed by atoms with Gasteiger partial charge in [0.15, 0.2) is 11.2 Å². The third-order valence-corrected chi connectivity index (χ3v) is 6.22. The molecule has 4 aromatic rings. The van der Waals surface area contributed by atoms with E-state index in [-0.39, 0.29) is 22.8 Å². The van der Waals surface area contributed by atoms with E-state index in [4.69, 9.17) is 32.4 Å². The maximum absolute atomic E-state index is 12.3. The zero-order valence-corrected chi connectivity index (χ0v) is 19.8. The Morgan fingerprint density at radius 1 is 1.22 bits per heavy atom. The summed E-state index contributed by atoms with van der Waals surface area (Å²) in [5, 5.41) is 14.3. The van der Waals surface area contributed by atoms with Crippen LogP contribution in [0.4, 0.5) is 5.13 Å². The molecule has 0 bridgehead atoms. The highest BCUT2D eigenvalue weighted by molar-refractivity contribution is 7.99. The highest BCUT2D eigenvalue weighted by Gasteiger charge is 2.18. The van der Waals surface area contributed by atoms with Crippen molar-refractivity contribution in [1.82, 2.24) is 15.2 Å². The molecule has 0 radical (unpaired) electrons. The van der Waals surface area contributed by atoms with Crippen LogP contribution >= 0.6 is 46.3 Å². The number of rotatable bonds is 8. The van der Waals surface area contributed by atoms with Gasteiger partial charge in [-0.05, 0) is 25.1 Å². The van der Waals surface area contributed by atoms with Crippen molar-refractivity contribution in [3.8, 4) is 17.0 Å². The average Bonchev–Trinajstić information content (AvgIpc) is 3.45. The van der Waals surface area contributed by atoms with Crippen molar-refractivity contribution < 1.29 is 13.9 Å². The summed E-state index contributed by atoms with van der Waals surface area (Å²) in [4.78, 5) is 16.7. The third kappa shape index (κ3) is 5.80. The first kappa shape index (κ1) is 22.6. The molecule has 164 valence electrons. The summed E-state index contributed by atoms with van der Waals surface area (Å²) in [7, 11) is 0. The van der Waals surface area contributed by atoms with Crippen LogP contribution in [0.3, 0.4) is 0 Å². The second kappa shape index (κ2) is 10.4. The molecule has 0 aliphatic heterocycles. The fourth-order valence-corrected chi connectivity index (χ4v) is 4.37. The first-order chi connectivity index (χ1) is 15.5. The number of aromatic nitrogens is 3. The zero-order chi connectivity index (χ0) is 22.5. The largest absolute Gasteiger partial charge is 0.479 e. The van der Waals surface area contributed by atoms with Crippen LogP contribution in [0.2, 0.25) is 10.0 Å². The van der Waals surface area contributed by atoms with E-state index >= 15 is 0 Å². The zero-order valence-electron chi connectivity index (χ0n) is 16.6. The molecule has 2 heterocycles. The van der Waals surface area contributed by atoms with Crippen molar-refractivity contribution in [3.05, 3.63) is 69.8 Å². The summed E-state index contributed by atoms with van der Waals surface area (Å²) < 4.78 is 11.4. The van der Waals surface area contributed by atoms with E-state index in [1.54, 1.807) is 25.1 Å². The highest BCUT2D eigenvalue weighted by atomic mass is 35.5. The number of hydrogen-bond donors (Lipinski definition) is 1. The molecule has 1 N–H and O–H groups in total. The molecule has 0 saturated carbocycles. The maximum atomic E-state index is 12.3. The number of thiazole rings is 1. The summed E-state index contributed by atoms with van der Waals surface area (Å²) in [6.45, 7) is 1.76. The molecule has 1 atom stereocenters. The number of benzene rings is 2. The van der Waals surface area contributed by atoms with E-state index in [0.29, 0.717) is 20.9 Å². The van der Waals surface area contributed by atoms with Gasteiger partial charge in [0, 0.05) is 16.0 Å². The topological polar surface area (TPSA) is 90.1 Å². The monoisotopic (exact) mass is 506 g/mol. The van der Waals surface area contributed by atoms with Gasteiger partial charge in [-0.15, -0.1) is 21.5 Å². The Morgan fingerprint density at radius 3 is 2.81 bits per heavy atom. The van der Waals surface area contributed by atoms with Crippen LogP contribution in [-0.4, -0.2) is 26.8 Å². The number of halogens is 2. The van der Waals surface area contributed by atoms with Gasteiger partial charge >= 0.3 is 0 Å². The van der Waals surface area contributed by atoms with Gasteiger partial charge in [0.1, 0.15) is 5.75 Å². The highest BCUT2D eigenvalue weighted by Crippen LogP contribution is 2.31. The van der Waals surface area contributed by atoms with E-state index in [1.165, 1.54) is 11.3 Å². The maximum Gasteiger partial charge on any atom is 0.277 e. The lowest BCUT2D eigenvalue weighted by molar-refractivity contribution is -0.113. The first-order valence-electron chi connectivity index (χ1n) is 9.36. The molecule has 2 aromatic carbocycles. The number of carbonyl (C=O) groups is 1. The summed E-state index contributed by atoms with van der Waals surface area (Å²) in [6, 6.07) is 14.7. The summed E-state index contributed by atoms with van der Waals surface area (Å²) in [5.41, 5.74) is 1.81. The Hall–Kier alpha value is -2.59.